The van der Waals surface area contributed by atoms with Gasteiger partial charge >= 0.3 is 0 Å². The van der Waals surface area contributed by atoms with Gasteiger partial charge in [0.15, 0.2) is 0 Å². The van der Waals surface area contributed by atoms with Crippen LogP contribution in [0, 0.1) is 13.8 Å². The highest BCUT2D eigenvalue weighted by Crippen LogP contribution is 2.26. The molecular formula is C9H12OS. The first-order chi connectivity index (χ1) is 5.15. The molecule has 1 N–H and O–H groups in total. The van der Waals surface area contributed by atoms with E-state index >= 15 is 0 Å². The van der Waals surface area contributed by atoms with Gasteiger partial charge in [-0.25, -0.2) is 0 Å². The maximum absolute atomic E-state index is 9.36. The molecule has 0 saturated heterocycles. The van der Waals surface area contributed by atoms with Gasteiger partial charge in [-0.05, 0) is 25.5 Å². The predicted molar refractivity (Wildman–Crippen MR) is 48.9 cm³/mol. The summed E-state index contributed by atoms with van der Waals surface area (Å²) in [5, 5.41) is 9.36. The first kappa shape index (κ1) is 8.50. The van der Waals surface area contributed by atoms with Crippen molar-refractivity contribution in [1.29, 1.82) is 0 Å². The smallest absolute Gasteiger partial charge is 0.106 e. The topological polar surface area (TPSA) is 20.2 Å². The summed E-state index contributed by atoms with van der Waals surface area (Å²) in [6.07, 6.45) is 1.05. The Labute approximate surface area is 71.0 Å². The number of thiophene rings is 1. The molecule has 0 aliphatic rings. The number of aryl methyl sites for hydroxylation is 2. The van der Waals surface area contributed by atoms with Gasteiger partial charge in [-0.1, -0.05) is 6.08 Å². The Hall–Kier alpha value is -0.600. The summed E-state index contributed by atoms with van der Waals surface area (Å²) in [6, 6.07) is 2.01. The summed E-state index contributed by atoms with van der Waals surface area (Å²) in [4.78, 5) is 2.25. The summed E-state index contributed by atoms with van der Waals surface area (Å²) in [5.74, 6) is 0. The molecule has 0 aliphatic carbocycles. The van der Waals surface area contributed by atoms with Crippen LogP contribution in [0.5, 0.6) is 0 Å². The predicted octanol–water partition coefficient (Wildman–Crippen LogP) is 2.58. The number of aliphatic hydroxyl groups is 1. The van der Waals surface area contributed by atoms with E-state index < -0.39 is 6.10 Å². The second-order valence-electron chi connectivity index (χ2n) is 2.57. The molecule has 1 aromatic rings. The summed E-state index contributed by atoms with van der Waals surface area (Å²) in [6.45, 7) is 7.63. The summed E-state index contributed by atoms with van der Waals surface area (Å²) in [5.41, 5.74) is 1.24. The van der Waals surface area contributed by atoms with Crippen LogP contribution in [0.2, 0.25) is 0 Å². The SMILES string of the molecule is C=CC(O)c1cc(C)c(C)s1. The van der Waals surface area contributed by atoms with Crippen molar-refractivity contribution in [3.63, 3.8) is 0 Å². The van der Waals surface area contributed by atoms with Crippen LogP contribution in [0.25, 0.3) is 0 Å². The van der Waals surface area contributed by atoms with Gasteiger partial charge in [-0.15, -0.1) is 17.9 Å². The number of aliphatic hydroxyl groups excluding tert-OH is 1. The number of hydrogen-bond donors (Lipinski definition) is 1. The van der Waals surface area contributed by atoms with Gasteiger partial charge in [0, 0.05) is 9.75 Å². The Morgan fingerprint density at radius 1 is 1.64 bits per heavy atom. The van der Waals surface area contributed by atoms with Crippen LogP contribution in [0.1, 0.15) is 21.4 Å². The second kappa shape index (κ2) is 3.20. The lowest BCUT2D eigenvalue weighted by Crippen LogP contribution is -1.86. The van der Waals surface area contributed by atoms with E-state index in [1.807, 2.05) is 13.0 Å². The fraction of sp³-hybridized carbons (Fsp3) is 0.333. The van der Waals surface area contributed by atoms with E-state index in [0.29, 0.717) is 0 Å². The zero-order valence-corrected chi connectivity index (χ0v) is 7.61. The van der Waals surface area contributed by atoms with Crippen LogP contribution >= 0.6 is 11.3 Å². The number of hydrogen-bond acceptors (Lipinski definition) is 2. The maximum atomic E-state index is 9.36. The second-order valence-corrected chi connectivity index (χ2v) is 3.86. The van der Waals surface area contributed by atoms with Gasteiger partial charge in [0.2, 0.25) is 0 Å². The molecule has 0 spiro atoms. The molecule has 60 valence electrons. The highest BCUT2D eigenvalue weighted by Gasteiger charge is 2.06. The molecule has 0 amide bonds. The van der Waals surface area contributed by atoms with Gasteiger partial charge < -0.3 is 5.11 Å². The third kappa shape index (κ3) is 1.70. The van der Waals surface area contributed by atoms with Crippen molar-refractivity contribution in [1.82, 2.24) is 0 Å². The molecule has 0 radical (unpaired) electrons. The molecule has 1 rings (SSSR count). The Morgan fingerprint density at radius 3 is 2.64 bits per heavy atom. The molecule has 0 aliphatic heterocycles. The molecule has 0 bridgehead atoms. The fourth-order valence-electron chi connectivity index (χ4n) is 0.864. The van der Waals surface area contributed by atoms with Gasteiger partial charge in [-0.3, -0.25) is 0 Å². The van der Waals surface area contributed by atoms with Crippen molar-refractivity contribution in [3.05, 3.63) is 34.0 Å². The monoisotopic (exact) mass is 168 g/mol. The van der Waals surface area contributed by atoms with Crippen LogP contribution in [0.3, 0.4) is 0 Å². The quantitative estimate of drug-likeness (QED) is 0.673. The molecule has 0 aromatic carbocycles. The Bertz CT molecular complexity index is 243. The average Bonchev–Trinajstić information content (AvgIpc) is 2.31. The molecule has 11 heavy (non-hydrogen) atoms. The third-order valence-corrected chi connectivity index (χ3v) is 2.92. The van der Waals surface area contributed by atoms with Crippen molar-refractivity contribution in [2.24, 2.45) is 0 Å². The van der Waals surface area contributed by atoms with Gasteiger partial charge in [0.1, 0.15) is 6.10 Å². The van der Waals surface area contributed by atoms with Crippen LogP contribution < -0.4 is 0 Å². The van der Waals surface area contributed by atoms with Crippen molar-refractivity contribution in [2.45, 2.75) is 20.0 Å². The van der Waals surface area contributed by atoms with E-state index in [0.717, 1.165) is 4.88 Å². The molecule has 1 atom stereocenters. The van der Waals surface area contributed by atoms with Crippen molar-refractivity contribution in [3.8, 4) is 0 Å². The zero-order chi connectivity index (χ0) is 8.43. The van der Waals surface area contributed by atoms with Gasteiger partial charge in [0.05, 0.1) is 0 Å². The lowest BCUT2D eigenvalue weighted by molar-refractivity contribution is 0.233. The van der Waals surface area contributed by atoms with E-state index in [2.05, 4.69) is 13.5 Å². The van der Waals surface area contributed by atoms with Crippen molar-refractivity contribution < 1.29 is 5.11 Å². The largest absolute Gasteiger partial charge is 0.383 e. The van der Waals surface area contributed by atoms with E-state index in [-0.39, 0.29) is 0 Å². The Kier molecular flexibility index (Phi) is 2.47. The summed E-state index contributed by atoms with van der Waals surface area (Å²) >= 11 is 1.63. The lowest BCUT2D eigenvalue weighted by atomic mass is 10.2. The van der Waals surface area contributed by atoms with Crippen LogP contribution in [0.15, 0.2) is 18.7 Å². The minimum absolute atomic E-state index is 0.493. The van der Waals surface area contributed by atoms with Crippen molar-refractivity contribution in [2.75, 3.05) is 0 Å². The van der Waals surface area contributed by atoms with E-state index in [1.54, 1.807) is 17.4 Å². The minimum atomic E-state index is -0.493. The molecule has 1 nitrogen and oxygen atoms in total. The Balaban J connectivity index is 2.96. The van der Waals surface area contributed by atoms with Crippen molar-refractivity contribution >= 4 is 11.3 Å². The van der Waals surface area contributed by atoms with Crippen LogP contribution in [-0.2, 0) is 0 Å². The number of rotatable bonds is 2. The normalized spacial score (nSPS) is 13.0. The molecule has 1 aromatic heterocycles. The van der Waals surface area contributed by atoms with Crippen LogP contribution in [-0.4, -0.2) is 5.11 Å². The standard InChI is InChI=1S/C9H12OS/c1-4-8(10)9-5-6(2)7(3)11-9/h4-5,8,10H,1H2,2-3H3. The molecule has 2 heteroatoms. The summed E-state index contributed by atoms with van der Waals surface area (Å²) < 4.78 is 0. The molecule has 0 fully saturated rings. The van der Waals surface area contributed by atoms with E-state index in [1.165, 1.54) is 10.4 Å². The van der Waals surface area contributed by atoms with E-state index in [9.17, 15) is 5.11 Å². The van der Waals surface area contributed by atoms with Crippen LogP contribution in [0.4, 0.5) is 0 Å². The van der Waals surface area contributed by atoms with E-state index in [4.69, 9.17) is 0 Å². The molecule has 1 heterocycles. The van der Waals surface area contributed by atoms with Gasteiger partial charge in [-0.2, -0.15) is 0 Å². The highest BCUT2D eigenvalue weighted by molar-refractivity contribution is 7.12. The minimum Gasteiger partial charge on any atom is -0.383 e. The average molecular weight is 168 g/mol. The molecular weight excluding hydrogens is 156 g/mol. The fourth-order valence-corrected chi connectivity index (χ4v) is 1.89. The summed E-state index contributed by atoms with van der Waals surface area (Å²) in [7, 11) is 0. The molecule has 0 saturated carbocycles. The van der Waals surface area contributed by atoms with Gasteiger partial charge in [0.25, 0.3) is 0 Å². The maximum Gasteiger partial charge on any atom is 0.106 e. The Morgan fingerprint density at radius 2 is 2.27 bits per heavy atom. The third-order valence-electron chi connectivity index (χ3n) is 1.70. The molecule has 1 unspecified atom stereocenters. The first-order valence-electron chi connectivity index (χ1n) is 3.52. The lowest BCUT2D eigenvalue weighted by Gasteiger charge is -1.98. The zero-order valence-electron chi connectivity index (χ0n) is 6.79. The first-order valence-corrected chi connectivity index (χ1v) is 4.34. The highest BCUT2D eigenvalue weighted by atomic mass is 32.1.